The van der Waals surface area contributed by atoms with Crippen LogP contribution in [0.1, 0.15) is 40.5 Å². The van der Waals surface area contributed by atoms with E-state index in [1.165, 1.54) is 0 Å². The summed E-state index contributed by atoms with van der Waals surface area (Å²) in [6, 6.07) is 0.651. The zero-order valence-electron chi connectivity index (χ0n) is 11.9. The summed E-state index contributed by atoms with van der Waals surface area (Å²) in [6.07, 6.45) is 1.42. The minimum absolute atomic E-state index is 0.184. The number of nitrogens with two attached hydrogens (primary N) is 1. The molecule has 1 aliphatic rings. The zero-order chi connectivity index (χ0) is 13.3. The highest BCUT2D eigenvalue weighted by atomic mass is 16.1. The van der Waals surface area contributed by atoms with Gasteiger partial charge in [0.25, 0.3) is 0 Å². The molecule has 1 fully saturated rings. The molecule has 1 heterocycles. The average Bonchev–Trinajstić information content (AvgIpc) is 2.32. The number of nitrogens with zero attached hydrogens (tertiary/aromatic N) is 2. The number of hydrogen-bond donors (Lipinski definition) is 1. The van der Waals surface area contributed by atoms with E-state index in [1.807, 2.05) is 13.8 Å². The highest BCUT2D eigenvalue weighted by Gasteiger charge is 2.17. The number of amides is 1. The third-order valence-corrected chi connectivity index (χ3v) is 3.03. The van der Waals surface area contributed by atoms with Crippen LogP contribution in [0.25, 0.3) is 0 Å². The van der Waals surface area contributed by atoms with E-state index in [1.54, 1.807) is 0 Å². The Balaban J connectivity index is 0.00000121. The molecule has 0 aromatic heterocycles. The molecule has 0 spiro atoms. The maximum absolute atomic E-state index is 10.6. The number of piperazine rings is 1. The summed E-state index contributed by atoms with van der Waals surface area (Å²) in [6.45, 7) is 14.0. The monoisotopic (exact) mass is 243 g/mol. The van der Waals surface area contributed by atoms with Crippen LogP contribution in [-0.4, -0.2) is 54.5 Å². The second-order valence-corrected chi connectivity index (χ2v) is 4.54. The summed E-state index contributed by atoms with van der Waals surface area (Å²) < 4.78 is 0. The fourth-order valence-electron chi connectivity index (χ4n) is 1.98. The van der Waals surface area contributed by atoms with Gasteiger partial charge in [0.2, 0.25) is 5.91 Å². The van der Waals surface area contributed by atoms with Gasteiger partial charge in [-0.2, -0.15) is 0 Å². The van der Waals surface area contributed by atoms with Crippen molar-refractivity contribution in [3.05, 3.63) is 0 Å². The van der Waals surface area contributed by atoms with E-state index in [0.717, 1.165) is 39.1 Å². The van der Waals surface area contributed by atoms with E-state index in [0.29, 0.717) is 12.5 Å². The van der Waals surface area contributed by atoms with Crippen molar-refractivity contribution in [1.29, 1.82) is 0 Å². The first kappa shape index (κ1) is 16.4. The van der Waals surface area contributed by atoms with Gasteiger partial charge >= 0.3 is 0 Å². The van der Waals surface area contributed by atoms with Gasteiger partial charge in [-0.05, 0) is 26.8 Å². The molecule has 4 nitrogen and oxygen atoms in total. The maximum Gasteiger partial charge on any atom is 0.217 e. The highest BCUT2D eigenvalue weighted by molar-refractivity contribution is 5.73. The topological polar surface area (TPSA) is 49.6 Å². The third kappa shape index (κ3) is 7.34. The van der Waals surface area contributed by atoms with Crippen LogP contribution in [0, 0.1) is 0 Å². The molecule has 4 heteroatoms. The molecule has 1 aliphatic heterocycles. The molecule has 0 radical (unpaired) electrons. The van der Waals surface area contributed by atoms with Gasteiger partial charge in [-0.15, -0.1) is 0 Å². The summed E-state index contributed by atoms with van der Waals surface area (Å²) in [5, 5.41) is 0. The minimum atomic E-state index is -0.184. The number of carbonyl (C=O) groups excluding carboxylic acids is 1. The molecule has 0 bridgehead atoms. The summed E-state index contributed by atoms with van der Waals surface area (Å²) in [5.41, 5.74) is 5.10. The van der Waals surface area contributed by atoms with E-state index >= 15 is 0 Å². The molecule has 0 aromatic carbocycles. The van der Waals surface area contributed by atoms with Crippen molar-refractivity contribution in [2.24, 2.45) is 5.73 Å². The van der Waals surface area contributed by atoms with Gasteiger partial charge in [0.15, 0.2) is 0 Å². The van der Waals surface area contributed by atoms with E-state index in [9.17, 15) is 4.79 Å². The zero-order valence-corrected chi connectivity index (χ0v) is 11.9. The number of rotatable bonds is 5. The molecule has 0 saturated carbocycles. The number of primary amides is 1. The van der Waals surface area contributed by atoms with E-state index < -0.39 is 0 Å². The lowest BCUT2D eigenvalue weighted by molar-refractivity contribution is -0.118. The Bertz CT molecular complexity index is 199. The Morgan fingerprint density at radius 2 is 1.71 bits per heavy atom. The van der Waals surface area contributed by atoms with Crippen molar-refractivity contribution in [2.45, 2.75) is 46.6 Å². The summed E-state index contributed by atoms with van der Waals surface area (Å²) in [5.74, 6) is -0.184. The van der Waals surface area contributed by atoms with Crippen molar-refractivity contribution in [3.8, 4) is 0 Å². The number of carbonyl (C=O) groups is 1. The van der Waals surface area contributed by atoms with E-state index in [4.69, 9.17) is 5.73 Å². The lowest BCUT2D eigenvalue weighted by Crippen LogP contribution is -2.49. The Hall–Kier alpha value is -0.610. The van der Waals surface area contributed by atoms with Crippen LogP contribution in [-0.2, 0) is 4.79 Å². The fourth-order valence-corrected chi connectivity index (χ4v) is 1.98. The molecule has 0 atom stereocenters. The molecule has 2 N–H and O–H groups in total. The van der Waals surface area contributed by atoms with Crippen LogP contribution in [0.4, 0.5) is 0 Å². The van der Waals surface area contributed by atoms with Crippen molar-refractivity contribution < 1.29 is 4.79 Å². The first-order valence-corrected chi connectivity index (χ1v) is 6.84. The highest BCUT2D eigenvalue weighted by Crippen LogP contribution is 2.06. The molecule has 1 rings (SSSR count). The summed E-state index contributed by atoms with van der Waals surface area (Å²) >= 11 is 0. The van der Waals surface area contributed by atoms with Crippen molar-refractivity contribution in [1.82, 2.24) is 9.80 Å². The van der Waals surface area contributed by atoms with Crippen molar-refractivity contribution >= 4 is 5.91 Å². The van der Waals surface area contributed by atoms with Crippen LogP contribution in [0.3, 0.4) is 0 Å². The molecule has 1 amide bonds. The van der Waals surface area contributed by atoms with Crippen LogP contribution < -0.4 is 5.73 Å². The van der Waals surface area contributed by atoms with Gasteiger partial charge in [-0.3, -0.25) is 9.69 Å². The van der Waals surface area contributed by atoms with Gasteiger partial charge in [0.05, 0.1) is 0 Å². The Kier molecular flexibility index (Phi) is 9.09. The predicted octanol–water partition coefficient (Wildman–Crippen LogP) is 1.30. The van der Waals surface area contributed by atoms with Gasteiger partial charge in [0.1, 0.15) is 0 Å². The first-order valence-electron chi connectivity index (χ1n) is 6.84. The molecule has 0 unspecified atom stereocenters. The molecule has 0 aromatic rings. The number of hydrogen-bond acceptors (Lipinski definition) is 3. The van der Waals surface area contributed by atoms with Crippen LogP contribution in [0.15, 0.2) is 0 Å². The van der Waals surface area contributed by atoms with Crippen LogP contribution in [0.2, 0.25) is 0 Å². The minimum Gasteiger partial charge on any atom is -0.370 e. The maximum atomic E-state index is 10.6. The summed E-state index contributed by atoms with van der Waals surface area (Å²) in [7, 11) is 0. The molecular weight excluding hydrogens is 214 g/mol. The lowest BCUT2D eigenvalue weighted by Gasteiger charge is -2.36. The fraction of sp³-hybridized carbons (Fsp3) is 0.923. The van der Waals surface area contributed by atoms with Gasteiger partial charge in [-0.1, -0.05) is 13.8 Å². The van der Waals surface area contributed by atoms with E-state index in [-0.39, 0.29) is 5.91 Å². The van der Waals surface area contributed by atoms with Crippen LogP contribution >= 0.6 is 0 Å². The van der Waals surface area contributed by atoms with Crippen LogP contribution in [0.5, 0.6) is 0 Å². The Morgan fingerprint density at radius 3 is 2.12 bits per heavy atom. The molecule has 17 heavy (non-hydrogen) atoms. The third-order valence-electron chi connectivity index (χ3n) is 3.03. The second-order valence-electron chi connectivity index (χ2n) is 4.54. The summed E-state index contributed by atoms with van der Waals surface area (Å²) in [4.78, 5) is 15.5. The molecule has 0 aliphatic carbocycles. The second kappa shape index (κ2) is 9.42. The molecular formula is C13H29N3O. The molecule has 1 saturated heterocycles. The predicted molar refractivity (Wildman–Crippen MR) is 72.9 cm³/mol. The quantitative estimate of drug-likeness (QED) is 0.792. The van der Waals surface area contributed by atoms with Crippen molar-refractivity contribution in [2.75, 3.05) is 32.7 Å². The average molecular weight is 243 g/mol. The van der Waals surface area contributed by atoms with Gasteiger partial charge < -0.3 is 10.6 Å². The van der Waals surface area contributed by atoms with E-state index in [2.05, 4.69) is 23.6 Å². The largest absolute Gasteiger partial charge is 0.370 e. The smallest absolute Gasteiger partial charge is 0.217 e. The Morgan fingerprint density at radius 1 is 1.18 bits per heavy atom. The Labute approximate surface area is 106 Å². The van der Waals surface area contributed by atoms with Gasteiger partial charge in [0, 0.05) is 38.6 Å². The SMILES string of the molecule is CC.CC(C)N1CCN(CCCC(N)=O)CC1. The van der Waals surface area contributed by atoms with Gasteiger partial charge in [-0.25, -0.2) is 0 Å². The van der Waals surface area contributed by atoms with Crippen molar-refractivity contribution in [3.63, 3.8) is 0 Å². The molecule has 102 valence electrons. The first-order chi connectivity index (χ1) is 8.09. The standard InChI is InChI=1S/C11H23N3O.C2H6/c1-10(2)14-8-6-13(7-9-14)5-3-4-11(12)15;1-2/h10H,3-9H2,1-2H3,(H2,12,15);1-2H3. The lowest BCUT2D eigenvalue weighted by atomic mass is 10.2. The normalized spacial score (nSPS) is 17.7.